The van der Waals surface area contributed by atoms with Crippen molar-refractivity contribution in [3.8, 4) is 0 Å². The molecule has 0 saturated heterocycles. The summed E-state index contributed by atoms with van der Waals surface area (Å²) in [6, 6.07) is 0.771. The predicted octanol–water partition coefficient (Wildman–Crippen LogP) is 3.19. The lowest BCUT2D eigenvalue weighted by atomic mass is 10.1. The molecule has 1 aliphatic carbocycles. The van der Waals surface area contributed by atoms with E-state index >= 15 is 0 Å². The van der Waals surface area contributed by atoms with Gasteiger partial charge in [0.1, 0.15) is 0 Å². The van der Waals surface area contributed by atoms with Gasteiger partial charge in [-0.3, -0.25) is 4.68 Å². The van der Waals surface area contributed by atoms with Crippen LogP contribution >= 0.6 is 0 Å². The van der Waals surface area contributed by atoms with Crippen molar-refractivity contribution in [1.29, 1.82) is 0 Å². The maximum atomic E-state index is 4.68. The first-order valence-corrected chi connectivity index (χ1v) is 7.34. The van der Waals surface area contributed by atoms with E-state index in [0.29, 0.717) is 0 Å². The molecule has 102 valence electrons. The fraction of sp³-hybridized carbons (Fsp3) is 0.800. The molecule has 0 unspecified atom stereocenters. The van der Waals surface area contributed by atoms with Gasteiger partial charge in [-0.15, -0.1) is 0 Å². The molecule has 0 aromatic carbocycles. The Morgan fingerprint density at radius 1 is 1.33 bits per heavy atom. The van der Waals surface area contributed by atoms with E-state index in [1.165, 1.54) is 42.6 Å². The summed E-state index contributed by atoms with van der Waals surface area (Å²) in [6.45, 7) is 11.0. The normalized spacial score (nSPS) is 15.6. The Labute approximate surface area is 111 Å². The molecule has 1 aromatic rings. The first-order chi connectivity index (χ1) is 8.58. The van der Waals surface area contributed by atoms with Gasteiger partial charge in [0.25, 0.3) is 0 Å². The molecular formula is C15H27N3. The van der Waals surface area contributed by atoms with Crippen molar-refractivity contribution >= 4 is 0 Å². The Bertz CT molecular complexity index is 389. The highest BCUT2D eigenvalue weighted by molar-refractivity contribution is 5.24. The number of rotatable bonds is 7. The number of hydrogen-bond donors (Lipinski definition) is 1. The molecule has 0 amide bonds. The van der Waals surface area contributed by atoms with Crippen LogP contribution in [-0.2, 0) is 13.1 Å². The number of nitrogens with one attached hydrogen (secondary N) is 1. The van der Waals surface area contributed by atoms with Crippen LogP contribution in [0.25, 0.3) is 0 Å². The number of nitrogens with zero attached hydrogens (tertiary/aromatic N) is 2. The van der Waals surface area contributed by atoms with E-state index in [9.17, 15) is 0 Å². The monoisotopic (exact) mass is 249 g/mol. The van der Waals surface area contributed by atoms with Gasteiger partial charge in [-0.1, -0.05) is 13.8 Å². The van der Waals surface area contributed by atoms with Crippen LogP contribution in [0.2, 0.25) is 0 Å². The second-order valence-corrected chi connectivity index (χ2v) is 6.06. The van der Waals surface area contributed by atoms with Crippen molar-refractivity contribution in [2.24, 2.45) is 5.92 Å². The van der Waals surface area contributed by atoms with Crippen LogP contribution in [0.3, 0.4) is 0 Å². The number of hydrogen-bond acceptors (Lipinski definition) is 2. The molecule has 2 rings (SSSR count). The van der Waals surface area contributed by atoms with Crippen LogP contribution < -0.4 is 5.32 Å². The Balaban J connectivity index is 1.91. The SMILES string of the molecule is Cc1nn(CCCC(C)C)c(C)c1CNC1CC1. The van der Waals surface area contributed by atoms with Gasteiger partial charge in [-0.05, 0) is 45.4 Å². The van der Waals surface area contributed by atoms with Crippen LogP contribution in [0.5, 0.6) is 0 Å². The molecule has 0 atom stereocenters. The van der Waals surface area contributed by atoms with Crippen molar-refractivity contribution in [3.63, 3.8) is 0 Å². The van der Waals surface area contributed by atoms with Gasteiger partial charge < -0.3 is 5.32 Å². The van der Waals surface area contributed by atoms with E-state index < -0.39 is 0 Å². The summed E-state index contributed by atoms with van der Waals surface area (Å²) < 4.78 is 2.20. The van der Waals surface area contributed by atoms with Gasteiger partial charge in [-0.2, -0.15) is 5.10 Å². The van der Waals surface area contributed by atoms with E-state index in [1.807, 2.05) is 0 Å². The highest BCUT2D eigenvalue weighted by Gasteiger charge is 2.21. The van der Waals surface area contributed by atoms with E-state index in [-0.39, 0.29) is 0 Å². The second-order valence-electron chi connectivity index (χ2n) is 6.06. The summed E-state index contributed by atoms with van der Waals surface area (Å²) in [5, 5.41) is 8.27. The molecule has 0 spiro atoms. The third-order valence-electron chi connectivity index (χ3n) is 3.83. The molecule has 0 aliphatic heterocycles. The van der Waals surface area contributed by atoms with Gasteiger partial charge >= 0.3 is 0 Å². The van der Waals surface area contributed by atoms with Crippen LogP contribution in [0.4, 0.5) is 0 Å². The summed E-state index contributed by atoms with van der Waals surface area (Å²) in [4.78, 5) is 0. The zero-order valence-corrected chi connectivity index (χ0v) is 12.3. The minimum Gasteiger partial charge on any atom is -0.310 e. The highest BCUT2D eigenvalue weighted by atomic mass is 15.3. The number of aryl methyl sites for hydroxylation is 2. The lowest BCUT2D eigenvalue weighted by molar-refractivity contribution is 0.482. The summed E-state index contributed by atoms with van der Waals surface area (Å²) >= 11 is 0. The smallest absolute Gasteiger partial charge is 0.0641 e. The van der Waals surface area contributed by atoms with Gasteiger partial charge in [0, 0.05) is 30.4 Å². The topological polar surface area (TPSA) is 29.9 Å². The molecule has 3 nitrogen and oxygen atoms in total. The molecule has 1 saturated carbocycles. The minimum absolute atomic E-state index is 0.771. The Kier molecular flexibility index (Phi) is 4.44. The van der Waals surface area contributed by atoms with Crippen molar-refractivity contribution in [1.82, 2.24) is 15.1 Å². The van der Waals surface area contributed by atoms with Crippen LogP contribution in [0, 0.1) is 19.8 Å². The van der Waals surface area contributed by atoms with Crippen molar-refractivity contribution in [2.45, 2.75) is 72.5 Å². The molecule has 0 bridgehead atoms. The van der Waals surface area contributed by atoms with E-state index in [4.69, 9.17) is 0 Å². The van der Waals surface area contributed by atoms with Crippen LogP contribution in [0.15, 0.2) is 0 Å². The maximum absolute atomic E-state index is 4.68. The van der Waals surface area contributed by atoms with E-state index in [2.05, 4.69) is 42.8 Å². The molecule has 3 heteroatoms. The molecule has 18 heavy (non-hydrogen) atoms. The van der Waals surface area contributed by atoms with Crippen molar-refractivity contribution in [2.75, 3.05) is 0 Å². The Hall–Kier alpha value is -0.830. The third-order valence-corrected chi connectivity index (χ3v) is 3.83. The molecule has 1 fully saturated rings. The van der Waals surface area contributed by atoms with Crippen molar-refractivity contribution in [3.05, 3.63) is 17.0 Å². The Morgan fingerprint density at radius 3 is 2.67 bits per heavy atom. The van der Waals surface area contributed by atoms with Gasteiger partial charge in [0.15, 0.2) is 0 Å². The van der Waals surface area contributed by atoms with Crippen LogP contribution in [-0.4, -0.2) is 15.8 Å². The average molecular weight is 249 g/mol. The second kappa shape index (κ2) is 5.87. The molecule has 1 aromatic heterocycles. The summed E-state index contributed by atoms with van der Waals surface area (Å²) in [6.07, 6.45) is 5.21. The first kappa shape index (κ1) is 13.6. The molecule has 1 aliphatic rings. The summed E-state index contributed by atoms with van der Waals surface area (Å²) in [5.41, 5.74) is 3.96. The summed E-state index contributed by atoms with van der Waals surface area (Å²) in [7, 11) is 0. The molecule has 1 heterocycles. The fourth-order valence-electron chi connectivity index (χ4n) is 2.39. The van der Waals surface area contributed by atoms with Gasteiger partial charge in [0.05, 0.1) is 5.69 Å². The quantitative estimate of drug-likeness (QED) is 0.804. The standard InChI is InChI=1S/C15H27N3/c1-11(2)6-5-9-18-13(4)15(12(3)17-18)10-16-14-7-8-14/h11,14,16H,5-10H2,1-4H3. The zero-order valence-electron chi connectivity index (χ0n) is 12.3. The minimum atomic E-state index is 0.771. The Morgan fingerprint density at radius 2 is 2.06 bits per heavy atom. The van der Waals surface area contributed by atoms with Crippen molar-refractivity contribution < 1.29 is 0 Å². The lowest BCUT2D eigenvalue weighted by Gasteiger charge is -2.07. The lowest BCUT2D eigenvalue weighted by Crippen LogP contribution is -2.16. The summed E-state index contributed by atoms with van der Waals surface area (Å²) in [5.74, 6) is 0.790. The predicted molar refractivity (Wildman–Crippen MR) is 75.6 cm³/mol. The zero-order chi connectivity index (χ0) is 13.1. The molecular weight excluding hydrogens is 222 g/mol. The third kappa shape index (κ3) is 3.58. The maximum Gasteiger partial charge on any atom is 0.0641 e. The van der Waals surface area contributed by atoms with Gasteiger partial charge in [-0.25, -0.2) is 0 Å². The number of aromatic nitrogens is 2. The molecule has 1 N–H and O–H groups in total. The van der Waals surface area contributed by atoms with E-state index in [0.717, 1.165) is 25.0 Å². The van der Waals surface area contributed by atoms with Gasteiger partial charge in [0.2, 0.25) is 0 Å². The van der Waals surface area contributed by atoms with Crippen LogP contribution in [0.1, 0.15) is 56.5 Å². The van der Waals surface area contributed by atoms with E-state index in [1.54, 1.807) is 0 Å². The average Bonchev–Trinajstić information content (AvgIpc) is 3.07. The first-order valence-electron chi connectivity index (χ1n) is 7.34. The molecule has 0 radical (unpaired) electrons. The fourth-order valence-corrected chi connectivity index (χ4v) is 2.39. The largest absolute Gasteiger partial charge is 0.310 e. The highest BCUT2D eigenvalue weighted by Crippen LogP contribution is 2.21.